The van der Waals surface area contributed by atoms with Gasteiger partial charge in [0.15, 0.2) is 0 Å². The molecule has 1 aliphatic rings. The van der Waals surface area contributed by atoms with Crippen LogP contribution in [-0.4, -0.2) is 39.5 Å². The van der Waals surface area contributed by atoms with Crippen molar-refractivity contribution in [2.45, 2.75) is 24.5 Å². The Morgan fingerprint density at radius 2 is 1.85 bits per heavy atom. The Balaban J connectivity index is 1.43. The minimum absolute atomic E-state index is 0.103. The van der Waals surface area contributed by atoms with E-state index in [1.54, 1.807) is 11.3 Å². The number of likely N-dealkylation sites (tertiary alicyclic amines) is 1. The Kier molecular flexibility index (Phi) is 6.39. The molecule has 0 saturated carbocycles. The van der Waals surface area contributed by atoms with Crippen molar-refractivity contribution < 1.29 is 17.2 Å². The summed E-state index contributed by atoms with van der Waals surface area (Å²) in [4.78, 5) is 3.67. The van der Waals surface area contributed by atoms with Gasteiger partial charge in [-0.05, 0) is 61.0 Å². The molecule has 0 unspecified atom stereocenters. The Hall–Kier alpha value is -1.35. The molecule has 0 aliphatic carbocycles. The highest BCUT2D eigenvalue weighted by molar-refractivity contribution is 7.88. The normalized spacial score (nSPS) is 16.8. The highest BCUT2D eigenvalue weighted by Gasteiger charge is 2.21. The first-order valence-corrected chi connectivity index (χ1v) is 11.1. The number of thiophene rings is 1. The SMILES string of the molecule is O=S(=O)(Cc1cc(F)cc(F)c1)NCCN1CCC(c2cccs2)CC1. The first-order chi connectivity index (χ1) is 12.4. The van der Waals surface area contributed by atoms with Gasteiger partial charge in [-0.15, -0.1) is 11.3 Å². The first-order valence-electron chi connectivity index (χ1n) is 8.59. The Bertz CT molecular complexity index is 797. The van der Waals surface area contributed by atoms with Crippen LogP contribution in [0.3, 0.4) is 0 Å². The molecule has 1 N–H and O–H groups in total. The predicted molar refractivity (Wildman–Crippen MR) is 99.7 cm³/mol. The second kappa shape index (κ2) is 8.56. The number of hydrogen-bond donors (Lipinski definition) is 1. The van der Waals surface area contributed by atoms with E-state index in [9.17, 15) is 17.2 Å². The molecule has 0 spiro atoms. The molecule has 1 fully saturated rings. The quantitative estimate of drug-likeness (QED) is 0.776. The van der Waals surface area contributed by atoms with Gasteiger partial charge in [-0.3, -0.25) is 0 Å². The van der Waals surface area contributed by atoms with E-state index in [1.807, 2.05) is 0 Å². The highest BCUT2D eigenvalue weighted by atomic mass is 32.2. The van der Waals surface area contributed by atoms with Crippen molar-refractivity contribution in [3.8, 4) is 0 Å². The van der Waals surface area contributed by atoms with Crippen molar-refractivity contribution in [3.05, 3.63) is 57.8 Å². The number of halogens is 2. The van der Waals surface area contributed by atoms with E-state index in [0.717, 1.165) is 44.1 Å². The smallest absolute Gasteiger partial charge is 0.215 e. The van der Waals surface area contributed by atoms with Crippen LogP contribution in [0.1, 0.15) is 29.2 Å². The number of nitrogens with one attached hydrogen (secondary N) is 1. The van der Waals surface area contributed by atoms with E-state index < -0.39 is 27.4 Å². The maximum atomic E-state index is 13.2. The van der Waals surface area contributed by atoms with Gasteiger partial charge in [0, 0.05) is 24.0 Å². The van der Waals surface area contributed by atoms with Gasteiger partial charge in [-0.2, -0.15) is 0 Å². The summed E-state index contributed by atoms with van der Waals surface area (Å²) in [5.41, 5.74) is 0.103. The molecule has 8 heteroatoms. The Morgan fingerprint density at radius 3 is 2.46 bits per heavy atom. The van der Waals surface area contributed by atoms with Crippen LogP contribution in [0.15, 0.2) is 35.7 Å². The number of benzene rings is 1. The molecule has 3 rings (SSSR count). The van der Waals surface area contributed by atoms with Gasteiger partial charge in [0.2, 0.25) is 10.0 Å². The molecule has 2 heterocycles. The third-order valence-corrected chi connectivity index (χ3v) is 6.95. The Morgan fingerprint density at radius 1 is 1.15 bits per heavy atom. The second-order valence-electron chi connectivity index (χ2n) is 6.56. The van der Waals surface area contributed by atoms with Crippen LogP contribution >= 0.6 is 11.3 Å². The third-order valence-electron chi connectivity index (χ3n) is 4.56. The lowest BCUT2D eigenvalue weighted by Gasteiger charge is -2.31. The van der Waals surface area contributed by atoms with Crippen molar-refractivity contribution in [1.82, 2.24) is 9.62 Å². The maximum absolute atomic E-state index is 13.2. The van der Waals surface area contributed by atoms with Gasteiger partial charge in [0.1, 0.15) is 11.6 Å². The summed E-state index contributed by atoms with van der Waals surface area (Å²) in [5.74, 6) is -1.37. The van der Waals surface area contributed by atoms with Gasteiger partial charge >= 0.3 is 0 Å². The summed E-state index contributed by atoms with van der Waals surface area (Å²) < 4.78 is 53.1. The maximum Gasteiger partial charge on any atom is 0.215 e. The van der Waals surface area contributed by atoms with Crippen molar-refractivity contribution >= 4 is 21.4 Å². The third kappa shape index (κ3) is 5.57. The molecule has 26 heavy (non-hydrogen) atoms. The fourth-order valence-electron chi connectivity index (χ4n) is 3.29. The number of rotatable bonds is 7. The monoisotopic (exact) mass is 400 g/mol. The van der Waals surface area contributed by atoms with Crippen molar-refractivity contribution in [2.24, 2.45) is 0 Å². The molecule has 0 radical (unpaired) electrons. The van der Waals surface area contributed by atoms with E-state index in [4.69, 9.17) is 0 Å². The number of nitrogens with zero attached hydrogens (tertiary/aromatic N) is 1. The first kappa shape index (κ1) is 19.4. The van der Waals surface area contributed by atoms with Gasteiger partial charge in [-0.25, -0.2) is 21.9 Å². The van der Waals surface area contributed by atoms with Gasteiger partial charge in [0.05, 0.1) is 5.75 Å². The molecule has 1 aromatic heterocycles. The lowest BCUT2D eigenvalue weighted by atomic mass is 9.95. The fourth-order valence-corrected chi connectivity index (χ4v) is 5.30. The van der Waals surface area contributed by atoms with Crippen LogP contribution in [0.2, 0.25) is 0 Å². The zero-order valence-corrected chi connectivity index (χ0v) is 16.0. The van der Waals surface area contributed by atoms with Crippen LogP contribution in [0.5, 0.6) is 0 Å². The molecule has 2 aromatic rings. The average molecular weight is 401 g/mol. The van der Waals surface area contributed by atoms with Gasteiger partial charge in [-0.1, -0.05) is 6.07 Å². The van der Waals surface area contributed by atoms with Crippen molar-refractivity contribution in [1.29, 1.82) is 0 Å². The van der Waals surface area contributed by atoms with Crippen LogP contribution < -0.4 is 4.72 Å². The molecule has 142 valence electrons. The zero-order chi connectivity index (χ0) is 18.6. The average Bonchev–Trinajstić information content (AvgIpc) is 3.08. The van der Waals surface area contributed by atoms with Crippen LogP contribution in [0.25, 0.3) is 0 Å². The molecule has 0 atom stereocenters. The molecular weight excluding hydrogens is 378 g/mol. The van der Waals surface area contributed by atoms with E-state index in [2.05, 4.69) is 27.1 Å². The lowest BCUT2D eigenvalue weighted by Crippen LogP contribution is -2.39. The molecule has 1 saturated heterocycles. The molecule has 4 nitrogen and oxygen atoms in total. The van der Waals surface area contributed by atoms with Crippen molar-refractivity contribution in [3.63, 3.8) is 0 Å². The highest BCUT2D eigenvalue weighted by Crippen LogP contribution is 2.30. The van der Waals surface area contributed by atoms with E-state index >= 15 is 0 Å². The van der Waals surface area contributed by atoms with Crippen LogP contribution in [0, 0.1) is 11.6 Å². The largest absolute Gasteiger partial charge is 0.302 e. The van der Waals surface area contributed by atoms with E-state index in [1.165, 1.54) is 4.88 Å². The van der Waals surface area contributed by atoms with Gasteiger partial charge in [0.25, 0.3) is 0 Å². The standard InChI is InChI=1S/C18H22F2N2O2S2/c19-16-10-14(11-17(20)12-16)13-26(23,24)21-5-8-22-6-3-15(4-7-22)18-2-1-9-25-18/h1-2,9-12,15,21H,3-8,13H2. The molecule has 1 aliphatic heterocycles. The van der Waals surface area contributed by atoms with Crippen LogP contribution in [-0.2, 0) is 15.8 Å². The van der Waals surface area contributed by atoms with Crippen molar-refractivity contribution in [2.75, 3.05) is 26.2 Å². The molecule has 0 amide bonds. The summed E-state index contributed by atoms with van der Waals surface area (Å²) in [7, 11) is -3.62. The lowest BCUT2D eigenvalue weighted by molar-refractivity contribution is 0.217. The van der Waals surface area contributed by atoms with E-state index in [-0.39, 0.29) is 5.56 Å². The fraction of sp³-hybridized carbons (Fsp3) is 0.444. The second-order valence-corrected chi connectivity index (χ2v) is 9.35. The minimum Gasteiger partial charge on any atom is -0.302 e. The Labute approximate surface area is 156 Å². The van der Waals surface area contributed by atoms with Gasteiger partial charge < -0.3 is 4.90 Å². The molecule has 1 aromatic carbocycles. The number of sulfonamides is 1. The zero-order valence-electron chi connectivity index (χ0n) is 14.3. The van der Waals surface area contributed by atoms with E-state index in [0.29, 0.717) is 19.0 Å². The minimum atomic E-state index is -3.62. The molecule has 0 bridgehead atoms. The topological polar surface area (TPSA) is 49.4 Å². The number of piperidine rings is 1. The summed E-state index contributed by atoms with van der Waals surface area (Å²) in [6.45, 7) is 2.82. The summed E-state index contributed by atoms with van der Waals surface area (Å²) in [5, 5.41) is 2.10. The predicted octanol–water partition coefficient (Wildman–Crippen LogP) is 3.33. The van der Waals surface area contributed by atoms with Crippen LogP contribution in [0.4, 0.5) is 8.78 Å². The summed E-state index contributed by atoms with van der Waals surface area (Å²) in [6, 6.07) is 7.05. The summed E-state index contributed by atoms with van der Waals surface area (Å²) in [6.07, 6.45) is 2.16. The number of hydrogen-bond acceptors (Lipinski definition) is 4. The molecular formula is C18H22F2N2O2S2. The summed E-state index contributed by atoms with van der Waals surface area (Å²) >= 11 is 1.79.